The summed E-state index contributed by atoms with van der Waals surface area (Å²) in [5, 5.41) is 0.594. The fraction of sp³-hybridized carbons (Fsp3) is 0.250. The van der Waals surface area contributed by atoms with Gasteiger partial charge in [0.2, 0.25) is 0 Å². The van der Waals surface area contributed by atoms with Gasteiger partial charge in [0.1, 0.15) is 5.75 Å². The van der Waals surface area contributed by atoms with Crippen LogP contribution in [0.1, 0.15) is 13.3 Å². The van der Waals surface area contributed by atoms with E-state index in [0.29, 0.717) is 28.7 Å². The maximum Gasteiger partial charge on any atom is 0.307 e. The molecule has 8 heteroatoms. The van der Waals surface area contributed by atoms with Gasteiger partial charge in [0, 0.05) is 11.6 Å². The second kappa shape index (κ2) is 9.52. The third-order valence-corrected chi connectivity index (χ3v) is 5.09. The van der Waals surface area contributed by atoms with Crippen LogP contribution < -0.4 is 9.54 Å². The Kier molecular flexibility index (Phi) is 6.84. The van der Waals surface area contributed by atoms with E-state index in [-0.39, 0.29) is 19.0 Å². The van der Waals surface area contributed by atoms with Gasteiger partial charge in [-0.2, -0.15) is 4.99 Å². The van der Waals surface area contributed by atoms with Crippen LogP contribution >= 0.6 is 22.9 Å². The number of ether oxygens (including phenoxy) is 2. The number of nitrogens with zero attached hydrogens (tertiary/aromatic N) is 2. The summed E-state index contributed by atoms with van der Waals surface area (Å²) in [4.78, 5) is 28.7. The molecule has 2 aromatic carbocycles. The fourth-order valence-electron chi connectivity index (χ4n) is 2.59. The summed E-state index contributed by atoms with van der Waals surface area (Å²) in [5.41, 5.74) is 0.856. The van der Waals surface area contributed by atoms with Gasteiger partial charge in [-0.15, -0.1) is 0 Å². The largest absolute Gasteiger partial charge is 0.484 e. The first-order valence-electron chi connectivity index (χ1n) is 8.76. The summed E-state index contributed by atoms with van der Waals surface area (Å²) < 4.78 is 13.2. The molecule has 0 radical (unpaired) electrons. The maximum absolute atomic E-state index is 12.3. The van der Waals surface area contributed by atoms with Gasteiger partial charge < -0.3 is 14.0 Å². The monoisotopic (exact) mass is 418 g/mol. The van der Waals surface area contributed by atoms with Crippen LogP contribution in [0.15, 0.2) is 53.5 Å². The number of carbonyl (C=O) groups is 2. The van der Waals surface area contributed by atoms with E-state index in [2.05, 4.69) is 4.99 Å². The van der Waals surface area contributed by atoms with Crippen LogP contribution in [0.4, 0.5) is 0 Å². The van der Waals surface area contributed by atoms with Gasteiger partial charge in [0.25, 0.3) is 5.91 Å². The standard InChI is InChI=1S/C20H19ClN2O4S/c1-2-26-19(25)10-11-23-16-9-8-14(21)12-17(16)28-20(23)22-18(24)13-27-15-6-4-3-5-7-15/h3-9,12H,2,10-11,13H2,1H3. The first kappa shape index (κ1) is 20.1. The minimum atomic E-state index is -0.411. The first-order chi connectivity index (χ1) is 13.6. The van der Waals surface area contributed by atoms with Gasteiger partial charge in [-0.3, -0.25) is 9.59 Å². The predicted molar refractivity (Wildman–Crippen MR) is 109 cm³/mol. The highest BCUT2D eigenvalue weighted by Gasteiger charge is 2.11. The number of halogens is 1. The van der Waals surface area contributed by atoms with Gasteiger partial charge in [0.15, 0.2) is 11.4 Å². The second-order valence-electron chi connectivity index (χ2n) is 5.81. The summed E-state index contributed by atoms with van der Waals surface area (Å²) in [6.45, 7) is 2.28. The minimum Gasteiger partial charge on any atom is -0.484 e. The molecule has 0 unspecified atom stereocenters. The molecule has 0 aliphatic carbocycles. The van der Waals surface area contributed by atoms with Crippen molar-refractivity contribution in [1.82, 2.24) is 4.57 Å². The van der Waals surface area contributed by atoms with Crippen LogP contribution in [-0.2, 0) is 20.9 Å². The van der Waals surface area contributed by atoms with Crippen LogP contribution in [0, 0.1) is 0 Å². The number of benzene rings is 2. The quantitative estimate of drug-likeness (QED) is 0.547. The number of thiazole rings is 1. The molecule has 0 aliphatic heterocycles. The van der Waals surface area contributed by atoms with Crippen LogP contribution in [0.2, 0.25) is 5.02 Å². The van der Waals surface area contributed by atoms with Crippen molar-refractivity contribution in [2.24, 2.45) is 4.99 Å². The lowest BCUT2D eigenvalue weighted by atomic mass is 10.3. The zero-order valence-electron chi connectivity index (χ0n) is 15.3. The predicted octanol–water partition coefficient (Wildman–Crippen LogP) is 3.82. The lowest BCUT2D eigenvalue weighted by molar-refractivity contribution is -0.143. The molecule has 6 nitrogen and oxygen atoms in total. The molecule has 0 aliphatic rings. The van der Waals surface area contributed by atoms with Crippen molar-refractivity contribution < 1.29 is 19.1 Å². The van der Waals surface area contributed by atoms with Crippen molar-refractivity contribution in [2.45, 2.75) is 19.9 Å². The topological polar surface area (TPSA) is 69.9 Å². The number of rotatable bonds is 7. The Morgan fingerprint density at radius 1 is 1.18 bits per heavy atom. The Bertz CT molecular complexity index is 1040. The highest BCUT2D eigenvalue weighted by atomic mass is 35.5. The van der Waals surface area contributed by atoms with E-state index in [9.17, 15) is 9.59 Å². The maximum atomic E-state index is 12.3. The summed E-state index contributed by atoms with van der Waals surface area (Å²) >= 11 is 7.41. The Morgan fingerprint density at radius 3 is 2.71 bits per heavy atom. The van der Waals surface area contributed by atoms with Crippen molar-refractivity contribution in [2.75, 3.05) is 13.2 Å². The van der Waals surface area contributed by atoms with Crippen LogP contribution in [-0.4, -0.2) is 29.7 Å². The molecule has 3 aromatic rings. The fourth-order valence-corrected chi connectivity index (χ4v) is 3.93. The second-order valence-corrected chi connectivity index (χ2v) is 7.26. The smallest absolute Gasteiger partial charge is 0.307 e. The zero-order chi connectivity index (χ0) is 19.9. The normalized spacial score (nSPS) is 11.6. The highest BCUT2D eigenvalue weighted by molar-refractivity contribution is 7.16. The van der Waals surface area contributed by atoms with E-state index < -0.39 is 5.91 Å². The average Bonchev–Trinajstić information content (AvgIpc) is 3.01. The van der Waals surface area contributed by atoms with Gasteiger partial charge in [-0.1, -0.05) is 41.1 Å². The Morgan fingerprint density at radius 2 is 1.96 bits per heavy atom. The summed E-state index contributed by atoms with van der Waals surface area (Å²) in [6.07, 6.45) is 0.185. The van der Waals surface area contributed by atoms with Crippen LogP contribution in [0.3, 0.4) is 0 Å². The average molecular weight is 419 g/mol. The number of esters is 1. The number of hydrogen-bond acceptors (Lipinski definition) is 5. The number of aromatic nitrogens is 1. The third-order valence-electron chi connectivity index (χ3n) is 3.82. The Hall–Kier alpha value is -2.64. The molecule has 146 valence electrons. The molecule has 0 saturated carbocycles. The van der Waals surface area contributed by atoms with Gasteiger partial charge in [0.05, 0.1) is 23.2 Å². The molecule has 3 rings (SSSR count). The SMILES string of the molecule is CCOC(=O)CCn1c(=NC(=O)COc2ccccc2)sc2cc(Cl)ccc21. The van der Waals surface area contributed by atoms with E-state index in [1.54, 1.807) is 25.1 Å². The van der Waals surface area contributed by atoms with E-state index in [0.717, 1.165) is 10.2 Å². The Labute approximate surface area is 171 Å². The van der Waals surface area contributed by atoms with Gasteiger partial charge in [-0.25, -0.2) is 0 Å². The molecule has 28 heavy (non-hydrogen) atoms. The van der Waals surface area contributed by atoms with Crippen molar-refractivity contribution >= 4 is 45.0 Å². The molecule has 0 spiro atoms. The van der Waals surface area contributed by atoms with Crippen molar-refractivity contribution in [3.05, 3.63) is 58.4 Å². The summed E-state index contributed by atoms with van der Waals surface area (Å²) in [5.74, 6) is -0.108. The van der Waals surface area contributed by atoms with E-state index in [1.807, 2.05) is 34.9 Å². The van der Waals surface area contributed by atoms with Crippen LogP contribution in [0.25, 0.3) is 10.2 Å². The molecular formula is C20H19ClN2O4S. The van der Waals surface area contributed by atoms with Crippen molar-refractivity contribution in [1.29, 1.82) is 0 Å². The van der Waals surface area contributed by atoms with Gasteiger partial charge in [-0.05, 0) is 37.3 Å². The summed E-state index contributed by atoms with van der Waals surface area (Å²) in [6, 6.07) is 14.5. The van der Waals surface area contributed by atoms with E-state index >= 15 is 0 Å². The number of amides is 1. The van der Waals surface area contributed by atoms with Crippen molar-refractivity contribution in [3.8, 4) is 5.75 Å². The minimum absolute atomic E-state index is 0.170. The molecule has 1 amide bonds. The lowest BCUT2D eigenvalue weighted by Gasteiger charge is -2.06. The molecule has 0 atom stereocenters. The number of aryl methyl sites for hydroxylation is 1. The third kappa shape index (κ3) is 5.21. The lowest BCUT2D eigenvalue weighted by Crippen LogP contribution is -2.21. The molecule has 0 fully saturated rings. The van der Waals surface area contributed by atoms with Crippen molar-refractivity contribution in [3.63, 3.8) is 0 Å². The van der Waals surface area contributed by atoms with Gasteiger partial charge >= 0.3 is 5.97 Å². The Balaban J connectivity index is 1.85. The summed E-state index contributed by atoms with van der Waals surface area (Å²) in [7, 11) is 0. The highest BCUT2D eigenvalue weighted by Crippen LogP contribution is 2.22. The molecule has 0 bridgehead atoms. The first-order valence-corrected chi connectivity index (χ1v) is 9.96. The van der Waals surface area contributed by atoms with Crippen LogP contribution in [0.5, 0.6) is 5.75 Å². The molecule has 0 saturated heterocycles. The number of hydrogen-bond donors (Lipinski definition) is 0. The number of carbonyl (C=O) groups excluding carboxylic acids is 2. The molecule has 0 N–H and O–H groups in total. The number of fused-ring (bicyclic) bond motifs is 1. The zero-order valence-corrected chi connectivity index (χ0v) is 16.8. The van der Waals surface area contributed by atoms with E-state index in [4.69, 9.17) is 21.1 Å². The number of para-hydroxylation sites is 1. The van der Waals surface area contributed by atoms with E-state index in [1.165, 1.54) is 11.3 Å². The molecular weight excluding hydrogens is 400 g/mol. The molecule has 1 heterocycles. The molecule has 1 aromatic heterocycles.